The average Bonchev–Trinajstić information content (AvgIpc) is 3.41. The van der Waals surface area contributed by atoms with Crippen molar-refractivity contribution in [3.05, 3.63) is 60.8 Å². The summed E-state index contributed by atoms with van der Waals surface area (Å²) >= 11 is 0. The highest BCUT2D eigenvalue weighted by Gasteiger charge is 2.28. The third-order valence-corrected chi connectivity index (χ3v) is 14.3. The maximum atomic E-state index is 12.9. The fourth-order valence-electron chi connectivity index (χ4n) is 8.58. The van der Waals surface area contributed by atoms with Gasteiger partial charge in [0.2, 0.25) is 0 Å². The number of hydrogen-bond acceptors (Lipinski definition) is 10. The minimum Gasteiger partial charge on any atom is -0.462 e. The maximum absolute atomic E-state index is 12.9. The summed E-state index contributed by atoms with van der Waals surface area (Å²) in [6.45, 7) is 4.58. The maximum Gasteiger partial charge on any atom is 0.472 e. The third kappa shape index (κ3) is 55.9. The molecular formula is C64H115O11P. The number of carbonyl (C=O) groups excluding carboxylic acids is 3. The van der Waals surface area contributed by atoms with E-state index in [9.17, 15) is 28.9 Å². The van der Waals surface area contributed by atoms with E-state index in [1.54, 1.807) is 0 Å². The van der Waals surface area contributed by atoms with Crippen molar-refractivity contribution in [2.24, 2.45) is 0 Å². The van der Waals surface area contributed by atoms with E-state index < -0.39 is 57.8 Å². The van der Waals surface area contributed by atoms with Gasteiger partial charge in [0.05, 0.1) is 19.8 Å². The molecule has 3 unspecified atom stereocenters. The first-order chi connectivity index (χ1) is 37.2. The number of phosphoric ester groups is 1. The van der Waals surface area contributed by atoms with Crippen LogP contribution in [0.2, 0.25) is 0 Å². The molecule has 12 heteroatoms. The summed E-state index contributed by atoms with van der Waals surface area (Å²) in [5, 5.41) is 9.81. The minimum absolute atomic E-state index is 0.162. The third-order valence-electron chi connectivity index (χ3n) is 13.4. The number of carbonyl (C=O) groups is 3. The first-order valence-corrected chi connectivity index (χ1v) is 32.7. The van der Waals surface area contributed by atoms with Crippen LogP contribution < -0.4 is 0 Å². The van der Waals surface area contributed by atoms with Gasteiger partial charge in [-0.25, -0.2) is 4.57 Å². The van der Waals surface area contributed by atoms with Crippen molar-refractivity contribution in [2.75, 3.05) is 26.4 Å². The largest absolute Gasteiger partial charge is 0.472 e. The summed E-state index contributed by atoms with van der Waals surface area (Å²) in [5.41, 5.74) is 0. The van der Waals surface area contributed by atoms with Crippen molar-refractivity contribution in [1.29, 1.82) is 0 Å². The van der Waals surface area contributed by atoms with Crippen molar-refractivity contribution in [2.45, 2.75) is 303 Å². The molecule has 3 atom stereocenters. The van der Waals surface area contributed by atoms with E-state index in [1.807, 2.05) is 0 Å². The molecule has 0 bridgehead atoms. The molecule has 442 valence electrons. The lowest BCUT2D eigenvalue weighted by Crippen LogP contribution is -2.30. The van der Waals surface area contributed by atoms with Crippen LogP contribution in [0.3, 0.4) is 0 Å². The van der Waals surface area contributed by atoms with Gasteiger partial charge < -0.3 is 24.2 Å². The molecule has 0 radical (unpaired) electrons. The fraction of sp³-hybridized carbons (Fsp3) is 0.797. The summed E-state index contributed by atoms with van der Waals surface area (Å²) in [6, 6.07) is 0. The Hall–Kier alpha value is -2.82. The van der Waals surface area contributed by atoms with Crippen molar-refractivity contribution >= 4 is 25.7 Å². The van der Waals surface area contributed by atoms with E-state index in [4.69, 9.17) is 23.3 Å². The van der Waals surface area contributed by atoms with Gasteiger partial charge in [0.15, 0.2) is 6.10 Å². The SMILES string of the molecule is CCCC/C=C\CCCCCCCC(=O)OC(CO)COP(=O)(O)OCC(COC(=O)CCCCCCCC/C=C\C/C=C\C/C=C\CCCCC)OC(=O)CCCCCCCCCCC/C=C\CCCCCCCC. The van der Waals surface area contributed by atoms with Gasteiger partial charge in [0.1, 0.15) is 12.7 Å². The molecule has 11 nitrogen and oxygen atoms in total. The predicted octanol–water partition coefficient (Wildman–Crippen LogP) is 18.7. The van der Waals surface area contributed by atoms with Gasteiger partial charge in [-0.3, -0.25) is 23.4 Å². The van der Waals surface area contributed by atoms with E-state index >= 15 is 0 Å². The van der Waals surface area contributed by atoms with Gasteiger partial charge >= 0.3 is 25.7 Å². The second-order valence-corrected chi connectivity index (χ2v) is 22.3. The molecule has 0 aliphatic carbocycles. The molecule has 0 aliphatic rings. The zero-order valence-electron chi connectivity index (χ0n) is 49.0. The lowest BCUT2D eigenvalue weighted by Gasteiger charge is -2.21. The van der Waals surface area contributed by atoms with Gasteiger partial charge in [0.25, 0.3) is 0 Å². The van der Waals surface area contributed by atoms with Gasteiger partial charge in [-0.2, -0.15) is 0 Å². The molecule has 0 aromatic rings. The highest BCUT2D eigenvalue weighted by molar-refractivity contribution is 7.47. The zero-order chi connectivity index (χ0) is 55.5. The van der Waals surface area contributed by atoms with Gasteiger partial charge in [-0.05, 0) is 103 Å². The highest BCUT2D eigenvalue weighted by atomic mass is 31.2. The fourth-order valence-corrected chi connectivity index (χ4v) is 9.36. The van der Waals surface area contributed by atoms with Crippen LogP contribution in [0.1, 0.15) is 290 Å². The van der Waals surface area contributed by atoms with Crippen LogP contribution in [-0.2, 0) is 42.2 Å². The molecule has 0 rings (SSSR count). The molecule has 0 amide bonds. The number of aliphatic hydroxyl groups is 1. The molecule has 0 heterocycles. The van der Waals surface area contributed by atoms with Crippen molar-refractivity contribution in [3.63, 3.8) is 0 Å². The molecule has 2 N–H and O–H groups in total. The van der Waals surface area contributed by atoms with E-state index in [0.717, 1.165) is 109 Å². The summed E-state index contributed by atoms with van der Waals surface area (Å²) in [7, 11) is -4.75. The highest BCUT2D eigenvalue weighted by Crippen LogP contribution is 2.43. The number of aliphatic hydroxyl groups excluding tert-OH is 1. The van der Waals surface area contributed by atoms with Gasteiger partial charge in [-0.15, -0.1) is 0 Å². The number of hydrogen-bond donors (Lipinski definition) is 2. The summed E-state index contributed by atoms with van der Waals surface area (Å²) < 4.78 is 39.6. The standard InChI is InChI=1S/C64H115O11P/c1-4-7-10-13-16-19-22-24-26-28-30-32-34-36-39-41-44-47-50-53-62(66)71-57-61(75-64(68)55-52-49-46-43-40-37-35-33-31-29-27-25-23-20-17-14-11-8-5-2)59-73-76(69,70)72-58-60(56-65)74-63(67)54-51-48-45-42-38-21-18-15-12-9-6-3/h15-16,18-19,24-27,30,32,60-61,65H,4-14,17,20-23,28-29,31,33-59H2,1-3H3,(H,69,70)/b18-15-,19-16-,26-24-,27-25-,32-30-. The summed E-state index contributed by atoms with van der Waals surface area (Å²) in [6.07, 6.45) is 64.6. The zero-order valence-corrected chi connectivity index (χ0v) is 49.9. The van der Waals surface area contributed by atoms with E-state index in [-0.39, 0.29) is 25.9 Å². The van der Waals surface area contributed by atoms with Crippen molar-refractivity contribution in [1.82, 2.24) is 0 Å². The molecule has 0 aliphatic heterocycles. The molecule has 0 spiro atoms. The summed E-state index contributed by atoms with van der Waals surface area (Å²) in [5.74, 6) is -1.48. The first-order valence-electron chi connectivity index (χ1n) is 31.2. The molecule has 0 saturated heterocycles. The molecule has 0 fully saturated rings. The predicted molar refractivity (Wildman–Crippen MR) is 316 cm³/mol. The van der Waals surface area contributed by atoms with Crippen molar-refractivity contribution < 1.29 is 52.2 Å². The Bertz CT molecular complexity index is 1510. The average molecular weight is 1090 g/mol. The molecule has 0 aromatic heterocycles. The van der Waals surface area contributed by atoms with Crippen LogP contribution in [0.4, 0.5) is 0 Å². The monoisotopic (exact) mass is 1090 g/mol. The number of phosphoric acid groups is 1. The first kappa shape index (κ1) is 73.2. The van der Waals surface area contributed by atoms with Crippen molar-refractivity contribution in [3.8, 4) is 0 Å². The Morgan fingerprint density at radius 3 is 1.07 bits per heavy atom. The second-order valence-electron chi connectivity index (χ2n) is 20.9. The van der Waals surface area contributed by atoms with Crippen LogP contribution >= 0.6 is 7.82 Å². The summed E-state index contributed by atoms with van der Waals surface area (Å²) in [4.78, 5) is 48.6. The number of unbranched alkanes of at least 4 members (excludes halogenated alkanes) is 31. The van der Waals surface area contributed by atoms with E-state index in [1.165, 1.54) is 122 Å². The van der Waals surface area contributed by atoms with Gasteiger partial charge in [0, 0.05) is 19.3 Å². The second kappa shape index (κ2) is 58.3. The topological polar surface area (TPSA) is 155 Å². The van der Waals surface area contributed by atoms with Gasteiger partial charge in [-0.1, -0.05) is 229 Å². The Kier molecular flexibility index (Phi) is 56.2. The normalized spacial score (nSPS) is 13.7. The van der Waals surface area contributed by atoms with E-state index in [0.29, 0.717) is 19.3 Å². The number of rotatable bonds is 58. The van der Waals surface area contributed by atoms with Crippen LogP contribution in [0.25, 0.3) is 0 Å². The lowest BCUT2D eigenvalue weighted by atomic mass is 10.1. The molecule has 0 aromatic carbocycles. The lowest BCUT2D eigenvalue weighted by molar-refractivity contribution is -0.161. The quantitative estimate of drug-likeness (QED) is 0.0197. The Morgan fingerprint density at radius 2 is 0.658 bits per heavy atom. The molecular weight excluding hydrogens is 976 g/mol. The molecule has 0 saturated carbocycles. The smallest absolute Gasteiger partial charge is 0.462 e. The molecule has 76 heavy (non-hydrogen) atoms. The number of allylic oxidation sites excluding steroid dienone is 10. The van der Waals surface area contributed by atoms with Crippen LogP contribution in [0.15, 0.2) is 60.8 Å². The van der Waals surface area contributed by atoms with Crippen LogP contribution in [0, 0.1) is 0 Å². The minimum atomic E-state index is -4.75. The Morgan fingerprint density at radius 1 is 0.368 bits per heavy atom. The number of ether oxygens (including phenoxy) is 3. The Balaban J connectivity index is 4.72. The van der Waals surface area contributed by atoms with Crippen LogP contribution in [-0.4, -0.2) is 66.5 Å². The number of esters is 3. The van der Waals surface area contributed by atoms with E-state index in [2.05, 4.69) is 81.5 Å². The van der Waals surface area contributed by atoms with Crippen LogP contribution in [0.5, 0.6) is 0 Å². The Labute approximate surface area is 465 Å².